The lowest BCUT2D eigenvalue weighted by molar-refractivity contribution is -0.143. The Kier molecular flexibility index (Phi) is 7.01. The molecule has 0 spiro atoms. The Hall–Kier alpha value is -2.82. The molecule has 0 radical (unpaired) electrons. The number of rotatable bonds is 8. The molecule has 0 unspecified atom stereocenters. The molecule has 0 N–H and O–H groups in total. The van der Waals surface area contributed by atoms with Gasteiger partial charge >= 0.3 is 5.97 Å². The first-order valence-electron chi connectivity index (χ1n) is 8.33. The average molecular weight is 341 g/mol. The standard InChI is InChI=1S/C20H23NO4/c1-3-24-19(22)10-7-15-25-18-13-11-17(12-14-18)21(2)20(23)16-8-5-4-6-9-16/h4-6,8-9,11-14H,3,7,10,15H2,1-2H3. The number of benzene rings is 2. The fourth-order valence-electron chi connectivity index (χ4n) is 2.30. The molecule has 2 rings (SSSR count). The van der Waals surface area contributed by atoms with Crippen molar-refractivity contribution in [2.24, 2.45) is 0 Å². The van der Waals surface area contributed by atoms with Crippen LogP contribution in [0.2, 0.25) is 0 Å². The molecule has 0 saturated carbocycles. The van der Waals surface area contributed by atoms with Crippen molar-refractivity contribution < 1.29 is 19.1 Å². The predicted molar refractivity (Wildman–Crippen MR) is 97.0 cm³/mol. The van der Waals surface area contributed by atoms with Gasteiger partial charge in [-0.2, -0.15) is 0 Å². The molecule has 2 aromatic rings. The van der Waals surface area contributed by atoms with E-state index in [9.17, 15) is 9.59 Å². The van der Waals surface area contributed by atoms with E-state index >= 15 is 0 Å². The van der Waals surface area contributed by atoms with Crippen molar-refractivity contribution in [3.63, 3.8) is 0 Å². The second kappa shape index (κ2) is 9.47. The predicted octanol–water partition coefficient (Wildman–Crippen LogP) is 3.69. The second-order valence-corrected chi connectivity index (χ2v) is 5.48. The Balaban J connectivity index is 1.85. The molecular weight excluding hydrogens is 318 g/mol. The fourth-order valence-corrected chi connectivity index (χ4v) is 2.30. The monoisotopic (exact) mass is 341 g/mol. The maximum absolute atomic E-state index is 12.4. The normalized spacial score (nSPS) is 10.2. The molecule has 25 heavy (non-hydrogen) atoms. The zero-order chi connectivity index (χ0) is 18.1. The molecule has 0 fully saturated rings. The Labute approximate surface area is 148 Å². The summed E-state index contributed by atoms with van der Waals surface area (Å²) in [6, 6.07) is 16.4. The van der Waals surface area contributed by atoms with Gasteiger partial charge < -0.3 is 14.4 Å². The van der Waals surface area contributed by atoms with Crippen molar-refractivity contribution in [3.05, 3.63) is 60.2 Å². The second-order valence-electron chi connectivity index (χ2n) is 5.48. The van der Waals surface area contributed by atoms with Crippen LogP contribution in [0, 0.1) is 0 Å². The molecule has 5 heteroatoms. The van der Waals surface area contributed by atoms with Crippen LogP contribution in [0.4, 0.5) is 5.69 Å². The third kappa shape index (κ3) is 5.64. The highest BCUT2D eigenvalue weighted by Gasteiger charge is 2.12. The van der Waals surface area contributed by atoms with Crippen molar-refractivity contribution in [3.8, 4) is 5.75 Å². The Morgan fingerprint density at radius 2 is 1.68 bits per heavy atom. The van der Waals surface area contributed by atoms with Gasteiger partial charge in [-0.1, -0.05) is 18.2 Å². The molecule has 0 saturated heterocycles. The lowest BCUT2D eigenvalue weighted by atomic mass is 10.2. The van der Waals surface area contributed by atoms with Gasteiger partial charge in [-0.15, -0.1) is 0 Å². The van der Waals surface area contributed by atoms with E-state index < -0.39 is 0 Å². The number of anilines is 1. The van der Waals surface area contributed by atoms with Crippen molar-refractivity contribution in [1.29, 1.82) is 0 Å². The Morgan fingerprint density at radius 3 is 2.32 bits per heavy atom. The zero-order valence-electron chi connectivity index (χ0n) is 14.6. The van der Waals surface area contributed by atoms with Gasteiger partial charge in [-0.3, -0.25) is 9.59 Å². The number of esters is 1. The molecule has 1 amide bonds. The molecule has 132 valence electrons. The first kappa shape index (κ1) is 18.5. The largest absolute Gasteiger partial charge is 0.494 e. The van der Waals surface area contributed by atoms with Crippen LogP contribution in [-0.4, -0.2) is 32.1 Å². The minimum Gasteiger partial charge on any atom is -0.494 e. The molecule has 0 heterocycles. The van der Waals surface area contributed by atoms with Gasteiger partial charge in [0.1, 0.15) is 5.75 Å². The quantitative estimate of drug-likeness (QED) is 0.543. The van der Waals surface area contributed by atoms with Gasteiger partial charge in [0.2, 0.25) is 0 Å². The minimum absolute atomic E-state index is 0.0660. The topological polar surface area (TPSA) is 55.8 Å². The van der Waals surface area contributed by atoms with Crippen molar-refractivity contribution in [1.82, 2.24) is 0 Å². The number of amides is 1. The lowest BCUT2D eigenvalue weighted by Gasteiger charge is -2.18. The van der Waals surface area contributed by atoms with Crippen LogP contribution >= 0.6 is 0 Å². The van der Waals surface area contributed by atoms with Gasteiger partial charge in [0.25, 0.3) is 5.91 Å². The van der Waals surface area contributed by atoms with Crippen LogP contribution in [-0.2, 0) is 9.53 Å². The maximum Gasteiger partial charge on any atom is 0.305 e. The highest BCUT2D eigenvalue weighted by Crippen LogP contribution is 2.20. The molecule has 0 aliphatic heterocycles. The number of hydrogen-bond donors (Lipinski definition) is 0. The Bertz CT molecular complexity index is 683. The van der Waals surface area contributed by atoms with E-state index in [1.54, 1.807) is 31.0 Å². The smallest absolute Gasteiger partial charge is 0.305 e. The number of ether oxygens (including phenoxy) is 2. The van der Waals surface area contributed by atoms with Crippen molar-refractivity contribution in [2.75, 3.05) is 25.2 Å². The fraction of sp³-hybridized carbons (Fsp3) is 0.300. The van der Waals surface area contributed by atoms with Crippen LogP contribution in [0.5, 0.6) is 5.75 Å². The molecule has 0 aromatic heterocycles. The SMILES string of the molecule is CCOC(=O)CCCOc1ccc(N(C)C(=O)c2ccccc2)cc1. The molecular formula is C20H23NO4. The summed E-state index contributed by atoms with van der Waals surface area (Å²) in [6.07, 6.45) is 0.952. The van der Waals surface area contributed by atoms with E-state index in [0.29, 0.717) is 37.4 Å². The van der Waals surface area contributed by atoms with Crippen LogP contribution < -0.4 is 9.64 Å². The summed E-state index contributed by atoms with van der Waals surface area (Å²) in [6.45, 7) is 2.63. The van der Waals surface area contributed by atoms with Crippen molar-refractivity contribution in [2.45, 2.75) is 19.8 Å². The number of nitrogens with zero attached hydrogens (tertiary/aromatic N) is 1. The summed E-state index contributed by atoms with van der Waals surface area (Å²) in [5, 5.41) is 0. The third-order valence-electron chi connectivity index (χ3n) is 3.65. The first-order valence-corrected chi connectivity index (χ1v) is 8.33. The van der Waals surface area contributed by atoms with Gasteiger partial charge in [0.15, 0.2) is 0 Å². The molecule has 0 bridgehead atoms. The average Bonchev–Trinajstić information content (AvgIpc) is 2.65. The van der Waals surface area contributed by atoms with E-state index in [0.717, 1.165) is 5.69 Å². The van der Waals surface area contributed by atoms with Crippen LogP contribution in [0.25, 0.3) is 0 Å². The lowest BCUT2D eigenvalue weighted by Crippen LogP contribution is -2.26. The molecule has 0 aliphatic rings. The summed E-state index contributed by atoms with van der Waals surface area (Å²) in [7, 11) is 1.74. The van der Waals surface area contributed by atoms with E-state index in [4.69, 9.17) is 9.47 Å². The van der Waals surface area contributed by atoms with Crippen LogP contribution in [0.3, 0.4) is 0 Å². The summed E-state index contributed by atoms with van der Waals surface area (Å²) in [5.41, 5.74) is 1.43. The van der Waals surface area contributed by atoms with Gasteiger partial charge in [-0.25, -0.2) is 0 Å². The Morgan fingerprint density at radius 1 is 1.00 bits per heavy atom. The van der Waals surface area contributed by atoms with Crippen LogP contribution in [0.1, 0.15) is 30.1 Å². The van der Waals surface area contributed by atoms with Gasteiger partial charge in [0.05, 0.1) is 13.2 Å². The third-order valence-corrected chi connectivity index (χ3v) is 3.65. The van der Waals surface area contributed by atoms with E-state index in [2.05, 4.69) is 0 Å². The maximum atomic E-state index is 12.4. The summed E-state index contributed by atoms with van der Waals surface area (Å²) in [5.74, 6) is 0.430. The van der Waals surface area contributed by atoms with Crippen LogP contribution in [0.15, 0.2) is 54.6 Å². The number of carbonyl (C=O) groups excluding carboxylic acids is 2. The molecule has 2 aromatic carbocycles. The highest BCUT2D eigenvalue weighted by atomic mass is 16.5. The summed E-state index contributed by atoms with van der Waals surface area (Å²) < 4.78 is 10.5. The molecule has 0 atom stereocenters. The highest BCUT2D eigenvalue weighted by molar-refractivity contribution is 6.05. The minimum atomic E-state index is -0.206. The van der Waals surface area contributed by atoms with E-state index in [-0.39, 0.29) is 11.9 Å². The first-order chi connectivity index (χ1) is 12.1. The van der Waals surface area contributed by atoms with Gasteiger partial charge in [0, 0.05) is 24.7 Å². The van der Waals surface area contributed by atoms with Gasteiger partial charge in [-0.05, 0) is 49.7 Å². The zero-order valence-corrected chi connectivity index (χ0v) is 14.6. The van der Waals surface area contributed by atoms with E-state index in [1.807, 2.05) is 42.5 Å². The molecule has 5 nitrogen and oxygen atoms in total. The molecule has 0 aliphatic carbocycles. The van der Waals surface area contributed by atoms with Crippen molar-refractivity contribution >= 4 is 17.6 Å². The van der Waals surface area contributed by atoms with E-state index in [1.165, 1.54) is 0 Å². The summed E-state index contributed by atoms with van der Waals surface area (Å²) in [4.78, 5) is 25.2. The number of hydrogen-bond acceptors (Lipinski definition) is 4. The number of carbonyl (C=O) groups is 2. The summed E-state index contributed by atoms with van der Waals surface area (Å²) >= 11 is 0.